The first-order valence-corrected chi connectivity index (χ1v) is 4.28. The molecule has 3 rings (SSSR count). The molecule has 0 aliphatic heterocycles. The van der Waals surface area contributed by atoms with E-state index >= 15 is 0 Å². The van der Waals surface area contributed by atoms with E-state index in [1.165, 1.54) is 0 Å². The third kappa shape index (κ3) is 1.57. The molecular formula is C6N5NaO7. The monoisotopic (exact) mass is 277 g/mol. The fourth-order valence-corrected chi connectivity index (χ4v) is 1.59. The van der Waals surface area contributed by atoms with Gasteiger partial charge in [0.1, 0.15) is 0 Å². The van der Waals surface area contributed by atoms with E-state index in [9.17, 15) is 25.6 Å². The van der Waals surface area contributed by atoms with Gasteiger partial charge in [0, 0.05) is 0 Å². The maximum Gasteiger partial charge on any atom is 1.00 e. The average molecular weight is 277 g/mol. The van der Waals surface area contributed by atoms with Crippen molar-refractivity contribution in [3.63, 3.8) is 0 Å². The standard InChI is InChI=1S/C6N5O7.Na/c12-6-4-1(7-17-10(4)15)3(9(13)14)2-5(6)11(16)18-8-2;/q-1;+1. The van der Waals surface area contributed by atoms with Gasteiger partial charge in [0.25, 0.3) is 17.2 Å². The van der Waals surface area contributed by atoms with Gasteiger partial charge in [-0.15, -0.1) is 0 Å². The zero-order chi connectivity index (χ0) is 13.0. The van der Waals surface area contributed by atoms with Gasteiger partial charge >= 0.3 is 46.7 Å². The van der Waals surface area contributed by atoms with E-state index in [0.29, 0.717) is 0 Å². The number of nitrogens with zero attached hydrogens (tertiary/aromatic N) is 5. The van der Waals surface area contributed by atoms with Crippen LogP contribution in [0.5, 0.6) is 0 Å². The second-order valence-corrected chi connectivity index (χ2v) is 3.19. The van der Waals surface area contributed by atoms with Crippen molar-refractivity contribution in [1.82, 2.24) is 10.3 Å². The Labute approximate surface area is 124 Å². The fraction of sp³-hybridized carbons (Fsp3) is 0. The molecule has 1 aliphatic carbocycles. The van der Waals surface area contributed by atoms with Crippen LogP contribution in [0.25, 0.3) is 0 Å². The number of fused-ring (bicyclic) bond motifs is 2. The van der Waals surface area contributed by atoms with Crippen LogP contribution in [0.4, 0.5) is 0 Å². The van der Waals surface area contributed by atoms with Crippen LogP contribution in [-0.4, -0.2) is 26.7 Å². The minimum atomic E-state index is -1.11. The predicted molar refractivity (Wildman–Crippen MR) is 44.6 cm³/mol. The molecule has 19 heavy (non-hydrogen) atoms. The van der Waals surface area contributed by atoms with Crippen molar-refractivity contribution in [3.8, 4) is 0 Å². The first kappa shape index (κ1) is 13.3. The molecule has 0 N–H and O–H groups in total. The molecule has 0 aromatic carbocycles. The summed E-state index contributed by atoms with van der Waals surface area (Å²) < 4.78 is 8.21. The van der Waals surface area contributed by atoms with Gasteiger partial charge in [0.15, 0.2) is 0 Å². The van der Waals surface area contributed by atoms with Gasteiger partial charge in [-0.2, -0.15) is 4.90 Å². The Morgan fingerprint density at radius 1 is 1.00 bits per heavy atom. The van der Waals surface area contributed by atoms with Gasteiger partial charge in [-0.05, 0) is 9.81 Å². The molecule has 0 saturated carbocycles. The summed E-state index contributed by atoms with van der Waals surface area (Å²) in [5.74, 6) is -1.11. The smallest absolute Gasteiger partial charge is 0.612 e. The zero-order valence-corrected chi connectivity index (χ0v) is 11.1. The van der Waals surface area contributed by atoms with Gasteiger partial charge in [0.2, 0.25) is 0 Å². The van der Waals surface area contributed by atoms with E-state index in [4.69, 9.17) is 0 Å². The first-order chi connectivity index (χ1) is 8.52. The van der Waals surface area contributed by atoms with Gasteiger partial charge < -0.3 is 20.8 Å². The Bertz CT molecular complexity index is 661. The van der Waals surface area contributed by atoms with Gasteiger partial charge in [0.05, 0.1) is 10.3 Å². The zero-order valence-electron chi connectivity index (χ0n) is 9.09. The van der Waals surface area contributed by atoms with Crippen molar-refractivity contribution in [1.29, 1.82) is 0 Å². The van der Waals surface area contributed by atoms with Crippen molar-refractivity contribution in [2.45, 2.75) is 0 Å². The van der Waals surface area contributed by atoms with E-state index in [-0.39, 0.29) is 39.4 Å². The Kier molecular flexibility index (Phi) is 2.92. The maximum absolute atomic E-state index is 11.8. The summed E-state index contributed by atoms with van der Waals surface area (Å²) >= 11 is 0. The largest absolute Gasteiger partial charge is 1.00 e. The Morgan fingerprint density at radius 3 is 1.79 bits per heavy atom. The predicted octanol–water partition coefficient (Wildman–Crippen LogP) is -5.68. The summed E-state index contributed by atoms with van der Waals surface area (Å²) in [6.45, 7) is 0. The maximum atomic E-state index is 11.8. The number of ketones is 1. The Hall–Kier alpha value is -2.18. The molecule has 0 spiro atoms. The topological polar surface area (TPSA) is 172 Å². The molecule has 13 heteroatoms. The van der Waals surface area contributed by atoms with Crippen LogP contribution >= 0.6 is 0 Å². The first-order valence-electron chi connectivity index (χ1n) is 4.28. The molecule has 0 bridgehead atoms. The number of aromatic nitrogens is 4. The van der Waals surface area contributed by atoms with Crippen molar-refractivity contribution >= 4 is 11.5 Å². The number of hydrogen-bond acceptors (Lipinski definition) is 9. The minimum absolute atomic E-state index is 0. The summed E-state index contributed by atoms with van der Waals surface area (Å²) in [5, 5.41) is 50.3. The number of hydrogen-bond donors (Lipinski definition) is 0. The molecule has 0 radical (unpaired) electrons. The normalized spacial score (nSPS) is 12.6. The molecule has 2 aromatic heterocycles. The van der Waals surface area contributed by atoms with E-state index in [0.717, 1.165) is 0 Å². The van der Waals surface area contributed by atoms with E-state index < -0.39 is 39.2 Å². The second kappa shape index (κ2) is 4.18. The summed E-state index contributed by atoms with van der Waals surface area (Å²) in [7, 11) is 0. The average Bonchev–Trinajstić information content (AvgIpc) is 2.84. The van der Waals surface area contributed by atoms with Gasteiger partial charge in [-0.3, -0.25) is 14.1 Å². The summed E-state index contributed by atoms with van der Waals surface area (Å²) in [5.41, 5.74) is -3.52. The molecule has 0 amide bonds. The third-order valence-electron chi connectivity index (χ3n) is 2.29. The fourth-order valence-electron chi connectivity index (χ4n) is 1.59. The summed E-state index contributed by atoms with van der Waals surface area (Å²) in [6.07, 6.45) is 0. The molecule has 2 aromatic rings. The molecule has 92 valence electrons. The summed E-state index contributed by atoms with van der Waals surface area (Å²) in [6, 6.07) is 0. The molecule has 12 nitrogen and oxygen atoms in total. The second-order valence-electron chi connectivity index (χ2n) is 3.19. The number of carbonyl (C=O) groups excluding carboxylic acids is 1. The molecule has 1 aliphatic rings. The van der Waals surface area contributed by atoms with Gasteiger partial charge in [-0.1, -0.05) is 0 Å². The van der Waals surface area contributed by atoms with Crippen molar-refractivity contribution in [3.05, 3.63) is 43.6 Å². The molecule has 0 atom stereocenters. The minimum Gasteiger partial charge on any atom is -0.612 e. The quantitative estimate of drug-likeness (QED) is 0.220. The van der Waals surface area contributed by atoms with E-state index in [1.54, 1.807) is 0 Å². The molecule has 2 heterocycles. The number of rotatable bonds is 0. The SMILES string of the molecule is O=C1c2c(no[n+]2[O-])C(=[N+]([O-])[O-])c2no[n+]([O-])c21.[Na+]. The molecule has 0 unspecified atom stereocenters. The Morgan fingerprint density at radius 2 is 1.42 bits per heavy atom. The summed E-state index contributed by atoms with van der Waals surface area (Å²) in [4.78, 5) is 10.2. The van der Waals surface area contributed by atoms with Crippen LogP contribution in [0.15, 0.2) is 9.26 Å². The van der Waals surface area contributed by atoms with Crippen molar-refractivity contribution in [2.24, 2.45) is 0 Å². The van der Waals surface area contributed by atoms with E-state index in [1.807, 2.05) is 0 Å². The third-order valence-corrected chi connectivity index (χ3v) is 2.29. The molecule has 0 saturated heterocycles. The van der Waals surface area contributed by atoms with Gasteiger partial charge in [-0.25, -0.2) is 0 Å². The van der Waals surface area contributed by atoms with Crippen LogP contribution < -0.4 is 39.4 Å². The van der Waals surface area contributed by atoms with Crippen LogP contribution in [-0.2, 0) is 0 Å². The van der Waals surface area contributed by atoms with Crippen molar-refractivity contribution < 1.29 is 58.3 Å². The van der Waals surface area contributed by atoms with Crippen LogP contribution in [0.2, 0.25) is 0 Å². The van der Waals surface area contributed by atoms with Crippen LogP contribution in [0.3, 0.4) is 0 Å². The van der Waals surface area contributed by atoms with Crippen LogP contribution in [0.1, 0.15) is 27.6 Å². The van der Waals surface area contributed by atoms with E-state index in [2.05, 4.69) is 19.6 Å². The molecular weight excluding hydrogens is 277 g/mol. The molecule has 0 fully saturated rings. The van der Waals surface area contributed by atoms with Crippen molar-refractivity contribution in [2.75, 3.05) is 0 Å². The van der Waals surface area contributed by atoms with Crippen LogP contribution in [0, 0.1) is 20.8 Å². The Balaban J connectivity index is 0.00000133. The number of carbonyl (C=O) groups is 1.